The Bertz CT molecular complexity index is 1310. The highest BCUT2D eigenvalue weighted by molar-refractivity contribution is 6.11. The lowest BCUT2D eigenvalue weighted by atomic mass is 9.99. The van der Waals surface area contributed by atoms with E-state index in [1.807, 2.05) is 70.2 Å². The molecule has 2 aromatic rings. The van der Waals surface area contributed by atoms with Crippen LogP contribution < -0.4 is 9.47 Å². The van der Waals surface area contributed by atoms with Gasteiger partial charge >= 0.3 is 0 Å². The zero-order valence-corrected chi connectivity index (χ0v) is 23.0. The number of carbonyl (C=O) groups is 2. The van der Waals surface area contributed by atoms with Gasteiger partial charge in [0.05, 0.1) is 13.5 Å². The van der Waals surface area contributed by atoms with E-state index in [0.717, 1.165) is 0 Å². The maximum absolute atomic E-state index is 12.6. The van der Waals surface area contributed by atoms with Crippen LogP contribution in [0.25, 0.3) is 18.2 Å². The van der Waals surface area contributed by atoms with Crippen LogP contribution in [-0.4, -0.2) is 34.5 Å². The number of rotatable bonds is 13. The van der Waals surface area contributed by atoms with E-state index in [4.69, 9.17) is 9.47 Å². The van der Waals surface area contributed by atoms with Crippen molar-refractivity contribution in [3.63, 3.8) is 0 Å². The first kappa shape index (κ1) is 30.6. The highest BCUT2D eigenvalue weighted by Crippen LogP contribution is 2.38. The molecule has 0 amide bonds. The quantitative estimate of drug-likeness (QED) is 0.162. The number of methoxy groups -OCH3 is 1. The van der Waals surface area contributed by atoms with Gasteiger partial charge in [-0.15, -0.1) is 0 Å². The van der Waals surface area contributed by atoms with E-state index in [1.54, 1.807) is 36.4 Å². The molecule has 0 heterocycles. The summed E-state index contributed by atoms with van der Waals surface area (Å²) in [6.45, 7) is 7.51. The lowest BCUT2D eigenvalue weighted by Crippen LogP contribution is -2.29. The number of phenols is 2. The van der Waals surface area contributed by atoms with E-state index in [0.29, 0.717) is 16.7 Å². The van der Waals surface area contributed by atoms with Gasteiger partial charge in [-0.25, -0.2) is 0 Å². The molecule has 6 heteroatoms. The smallest absolute Gasteiger partial charge is 0.171 e. The van der Waals surface area contributed by atoms with Crippen LogP contribution in [0, 0.1) is 0 Å². The molecule has 0 bridgehead atoms. The molecule has 0 atom stereocenters. The number of ketones is 2. The number of benzene rings is 2. The number of aromatic hydroxyl groups is 2. The molecule has 0 spiro atoms. The standard InChI is InChI=1S/C33H36O6/c1-6-10-28-25(14-18-30(37)32(28)39-33(19-7-2,20-8-3)21-9-4)13-16-27(35)23-26(34)15-11-24-12-17-29(36)31(22-24)38-5/h6-22,36-37H,23H2,1-5H3/b10-6?,15-11+,16-13+,19-7?,20-8?,21-9?. The van der Waals surface area contributed by atoms with Crippen molar-refractivity contribution in [1.29, 1.82) is 0 Å². The molecule has 0 fully saturated rings. The zero-order chi connectivity index (χ0) is 28.8. The summed E-state index contributed by atoms with van der Waals surface area (Å²) >= 11 is 0. The van der Waals surface area contributed by atoms with Crippen molar-refractivity contribution in [1.82, 2.24) is 0 Å². The van der Waals surface area contributed by atoms with Crippen molar-refractivity contribution < 1.29 is 29.3 Å². The fourth-order valence-electron chi connectivity index (χ4n) is 3.88. The van der Waals surface area contributed by atoms with Gasteiger partial charge in [-0.3, -0.25) is 9.59 Å². The van der Waals surface area contributed by atoms with Crippen LogP contribution in [0.1, 0.15) is 50.8 Å². The van der Waals surface area contributed by atoms with E-state index < -0.39 is 5.60 Å². The van der Waals surface area contributed by atoms with E-state index in [-0.39, 0.29) is 41.0 Å². The van der Waals surface area contributed by atoms with Crippen molar-refractivity contribution in [2.24, 2.45) is 0 Å². The lowest BCUT2D eigenvalue weighted by molar-refractivity contribution is -0.121. The van der Waals surface area contributed by atoms with E-state index in [2.05, 4.69) is 0 Å². The molecule has 2 N–H and O–H groups in total. The van der Waals surface area contributed by atoms with E-state index >= 15 is 0 Å². The first-order valence-corrected chi connectivity index (χ1v) is 12.6. The minimum atomic E-state index is -0.912. The van der Waals surface area contributed by atoms with Gasteiger partial charge in [0.15, 0.2) is 40.2 Å². The first-order chi connectivity index (χ1) is 18.7. The third-order valence-corrected chi connectivity index (χ3v) is 5.57. The van der Waals surface area contributed by atoms with E-state index in [9.17, 15) is 19.8 Å². The van der Waals surface area contributed by atoms with Gasteiger partial charge in [0.25, 0.3) is 0 Å². The zero-order valence-electron chi connectivity index (χ0n) is 23.0. The Kier molecular flexibility index (Phi) is 11.8. The summed E-state index contributed by atoms with van der Waals surface area (Å²) in [6.07, 6.45) is 20.4. The number of ether oxygens (including phenoxy) is 2. The second-order valence-electron chi connectivity index (χ2n) is 8.58. The van der Waals surface area contributed by atoms with Crippen LogP contribution in [0.4, 0.5) is 0 Å². The molecule has 0 unspecified atom stereocenters. The summed E-state index contributed by atoms with van der Waals surface area (Å²) in [6, 6.07) is 7.89. The number of hydrogen-bond acceptors (Lipinski definition) is 6. The molecule has 0 saturated heterocycles. The van der Waals surface area contributed by atoms with Crippen molar-refractivity contribution in [3.8, 4) is 23.0 Å². The van der Waals surface area contributed by atoms with Crippen LogP contribution >= 0.6 is 0 Å². The Balaban J connectivity index is 2.30. The summed E-state index contributed by atoms with van der Waals surface area (Å²) in [5.74, 6) is -0.231. The minimum absolute atomic E-state index is 0.00228. The second kappa shape index (κ2) is 15.0. The molecular weight excluding hydrogens is 492 g/mol. The summed E-state index contributed by atoms with van der Waals surface area (Å²) in [7, 11) is 1.44. The topological polar surface area (TPSA) is 93.1 Å². The molecule has 0 aromatic heterocycles. The van der Waals surface area contributed by atoms with Crippen LogP contribution in [0.5, 0.6) is 23.0 Å². The fraction of sp³-hybridized carbons (Fsp3) is 0.212. The molecule has 0 saturated carbocycles. The largest absolute Gasteiger partial charge is 0.504 e. The third-order valence-electron chi connectivity index (χ3n) is 5.57. The van der Waals surface area contributed by atoms with Crippen molar-refractivity contribution in [2.45, 2.75) is 39.7 Å². The Hall–Kier alpha value is -4.58. The normalized spacial score (nSPS) is 13.9. The third kappa shape index (κ3) is 8.75. The predicted octanol–water partition coefficient (Wildman–Crippen LogP) is 7.24. The van der Waals surface area contributed by atoms with Gasteiger partial charge in [0.1, 0.15) is 0 Å². The lowest BCUT2D eigenvalue weighted by Gasteiger charge is -2.27. The molecule has 204 valence electrons. The van der Waals surface area contributed by atoms with Gasteiger partial charge in [0.2, 0.25) is 0 Å². The molecular formula is C33H36O6. The van der Waals surface area contributed by atoms with Crippen molar-refractivity contribution in [3.05, 3.63) is 102 Å². The van der Waals surface area contributed by atoms with Gasteiger partial charge in [-0.1, -0.05) is 54.7 Å². The Morgan fingerprint density at radius 3 is 1.95 bits per heavy atom. The average Bonchev–Trinajstić information content (AvgIpc) is 2.90. The van der Waals surface area contributed by atoms with Crippen LogP contribution in [0.2, 0.25) is 0 Å². The minimum Gasteiger partial charge on any atom is -0.504 e. The van der Waals surface area contributed by atoms with E-state index in [1.165, 1.54) is 31.4 Å². The molecule has 39 heavy (non-hydrogen) atoms. The summed E-state index contributed by atoms with van der Waals surface area (Å²) < 4.78 is 11.4. The highest BCUT2D eigenvalue weighted by Gasteiger charge is 2.25. The molecule has 0 aliphatic carbocycles. The molecule has 2 aromatic carbocycles. The molecule has 2 rings (SSSR count). The maximum Gasteiger partial charge on any atom is 0.171 e. The van der Waals surface area contributed by atoms with Gasteiger partial charge in [0, 0.05) is 5.56 Å². The SMILES string of the molecule is CC=Cc1c(/C=C/C(=O)CC(=O)/C=C/c2ccc(O)c(OC)c2)ccc(O)c1OC(C=CC)(C=CC)C=CC. The van der Waals surface area contributed by atoms with Crippen molar-refractivity contribution in [2.75, 3.05) is 7.11 Å². The Labute approximate surface area is 230 Å². The summed E-state index contributed by atoms with van der Waals surface area (Å²) in [5, 5.41) is 20.4. The monoisotopic (exact) mass is 528 g/mol. The Morgan fingerprint density at radius 2 is 1.38 bits per heavy atom. The van der Waals surface area contributed by atoms with Gasteiger partial charge in [-0.05, 0) is 87.4 Å². The van der Waals surface area contributed by atoms with Crippen molar-refractivity contribution >= 4 is 29.8 Å². The highest BCUT2D eigenvalue weighted by atomic mass is 16.5. The van der Waals surface area contributed by atoms with Crippen LogP contribution in [0.3, 0.4) is 0 Å². The summed E-state index contributed by atoms with van der Waals surface area (Å²) in [5.41, 5.74) is 0.976. The average molecular weight is 529 g/mol. The number of allylic oxidation sites excluding steroid dienone is 6. The predicted molar refractivity (Wildman–Crippen MR) is 158 cm³/mol. The maximum atomic E-state index is 12.6. The number of carbonyl (C=O) groups excluding carboxylic acids is 2. The fourth-order valence-corrected chi connectivity index (χ4v) is 3.88. The Morgan fingerprint density at radius 1 is 0.795 bits per heavy atom. The summed E-state index contributed by atoms with van der Waals surface area (Å²) in [4.78, 5) is 24.9. The molecule has 0 radical (unpaired) electrons. The number of hydrogen-bond donors (Lipinski definition) is 2. The first-order valence-electron chi connectivity index (χ1n) is 12.6. The second-order valence-corrected chi connectivity index (χ2v) is 8.58. The number of phenolic OH excluding ortho intramolecular Hbond substituents is 2. The van der Waals surface area contributed by atoms with Gasteiger partial charge in [-0.2, -0.15) is 0 Å². The molecule has 0 aliphatic heterocycles. The van der Waals surface area contributed by atoms with Crippen LogP contribution in [-0.2, 0) is 9.59 Å². The van der Waals surface area contributed by atoms with Crippen LogP contribution in [0.15, 0.2) is 85.0 Å². The molecule has 0 aliphatic rings. The van der Waals surface area contributed by atoms with Gasteiger partial charge < -0.3 is 19.7 Å². The molecule has 6 nitrogen and oxygen atoms in total.